The van der Waals surface area contributed by atoms with E-state index < -0.39 is 36.0 Å². The Balaban J connectivity index is 1.80. The lowest BCUT2D eigenvalue weighted by molar-refractivity contribution is -0.137. The largest absolute Gasteiger partial charge is 0.497 e. The third-order valence-electron chi connectivity index (χ3n) is 6.28. The Hall–Kier alpha value is -4.51. The van der Waals surface area contributed by atoms with Crippen LogP contribution in [0.25, 0.3) is 5.57 Å². The summed E-state index contributed by atoms with van der Waals surface area (Å²) >= 11 is 1.02. The highest BCUT2D eigenvalue weighted by atomic mass is 32.1. The molecule has 10 nitrogen and oxygen atoms in total. The van der Waals surface area contributed by atoms with Crippen LogP contribution in [0.5, 0.6) is 5.75 Å². The Morgan fingerprint density at radius 2 is 1.78 bits per heavy atom. The summed E-state index contributed by atoms with van der Waals surface area (Å²) in [6.45, 7) is 1.12. The quantitative estimate of drug-likeness (QED) is 0.502. The number of amides is 1. The molecule has 3 aromatic rings. The number of para-hydroxylation sites is 1. The summed E-state index contributed by atoms with van der Waals surface area (Å²) in [5.41, 5.74) is 1.67. The number of aliphatic carboxylic acids is 1. The number of nitrogens with zero attached hydrogens (tertiary/aromatic N) is 3. The summed E-state index contributed by atoms with van der Waals surface area (Å²) in [6.07, 6.45) is 0. The minimum Gasteiger partial charge on any atom is -0.497 e. The van der Waals surface area contributed by atoms with Gasteiger partial charge in [0.15, 0.2) is 4.80 Å². The predicted octanol–water partition coefficient (Wildman–Crippen LogP) is 1.22. The average Bonchev–Trinajstić information content (AvgIpc) is 3.35. The van der Waals surface area contributed by atoms with Gasteiger partial charge in [0.25, 0.3) is 11.5 Å². The van der Waals surface area contributed by atoms with Crippen molar-refractivity contribution in [2.45, 2.75) is 13.0 Å². The first-order chi connectivity index (χ1) is 17.8. The zero-order valence-electron chi connectivity index (χ0n) is 20.0. The van der Waals surface area contributed by atoms with Crippen LogP contribution in [0.4, 0.5) is 5.69 Å². The van der Waals surface area contributed by atoms with E-state index in [1.807, 2.05) is 0 Å². The van der Waals surface area contributed by atoms with E-state index in [4.69, 9.17) is 9.47 Å². The number of ether oxygens (including phenoxy) is 2. The van der Waals surface area contributed by atoms with Gasteiger partial charge in [-0.05, 0) is 30.7 Å². The number of anilines is 1. The Bertz CT molecular complexity index is 1680. The number of esters is 1. The molecule has 3 heterocycles. The van der Waals surface area contributed by atoms with E-state index >= 15 is 0 Å². The highest BCUT2D eigenvalue weighted by molar-refractivity contribution is 7.07. The van der Waals surface area contributed by atoms with Gasteiger partial charge >= 0.3 is 11.9 Å². The maximum Gasteiger partial charge on any atom is 0.338 e. The van der Waals surface area contributed by atoms with Gasteiger partial charge in [-0.2, -0.15) is 0 Å². The number of carbonyl (C=O) groups is 3. The van der Waals surface area contributed by atoms with Gasteiger partial charge in [0, 0.05) is 5.56 Å². The van der Waals surface area contributed by atoms with Crippen LogP contribution in [0, 0.1) is 0 Å². The smallest absolute Gasteiger partial charge is 0.338 e. The van der Waals surface area contributed by atoms with E-state index in [9.17, 15) is 24.3 Å². The number of hydrogen-bond acceptors (Lipinski definition) is 8. The van der Waals surface area contributed by atoms with Gasteiger partial charge in [0.2, 0.25) is 0 Å². The van der Waals surface area contributed by atoms with E-state index in [0.29, 0.717) is 33.1 Å². The van der Waals surface area contributed by atoms with Crippen molar-refractivity contribution in [2.75, 3.05) is 25.7 Å². The Morgan fingerprint density at radius 3 is 2.43 bits per heavy atom. The molecule has 1 atom stereocenters. The van der Waals surface area contributed by atoms with Crippen molar-refractivity contribution in [3.8, 4) is 5.75 Å². The lowest BCUT2D eigenvalue weighted by Crippen LogP contribution is -2.41. The van der Waals surface area contributed by atoms with Crippen LogP contribution in [-0.2, 0) is 19.1 Å². The molecule has 0 unspecified atom stereocenters. The van der Waals surface area contributed by atoms with Gasteiger partial charge in [-0.25, -0.2) is 9.79 Å². The van der Waals surface area contributed by atoms with Crippen molar-refractivity contribution in [2.24, 2.45) is 4.99 Å². The van der Waals surface area contributed by atoms with Crippen molar-refractivity contribution in [3.63, 3.8) is 0 Å². The second kappa shape index (κ2) is 9.17. The third kappa shape index (κ3) is 3.84. The molecule has 188 valence electrons. The van der Waals surface area contributed by atoms with Crippen molar-refractivity contribution >= 4 is 40.4 Å². The lowest BCUT2D eigenvalue weighted by atomic mass is 9.96. The number of hydrogen-bond donors (Lipinski definition) is 1. The fraction of sp³-hybridized carbons (Fsp3) is 0.192. The molecule has 0 saturated heterocycles. The standard InChI is InChI=1S/C26H21N3O7S/c1-13-19(25(34)36-3)21(14-8-10-15(35-2)11-9-14)29-24(33)22(37-26(29)27-13)20-16-6-4-5-7-17(16)28(23(20)32)12-18(30)31/h4-11,21H,12H2,1-3H3,(H,30,31)/b22-20-/t21-/m0/s1. The van der Waals surface area contributed by atoms with Crippen LogP contribution in [0.1, 0.15) is 24.1 Å². The SMILES string of the molecule is COC(=O)C1=C(C)N=c2s/c(=C3\C(=O)N(CC(=O)O)c4ccccc43)c(=O)n2[C@H]1c1ccc(OC)cc1. The zero-order valence-corrected chi connectivity index (χ0v) is 20.9. The summed E-state index contributed by atoms with van der Waals surface area (Å²) in [7, 11) is 2.79. The van der Waals surface area contributed by atoms with Crippen molar-refractivity contribution < 1.29 is 29.0 Å². The number of methoxy groups -OCH3 is 2. The molecule has 2 aromatic carbocycles. The average molecular weight is 520 g/mol. The van der Waals surface area contributed by atoms with Gasteiger partial charge in [-0.3, -0.25) is 23.9 Å². The molecule has 2 aliphatic heterocycles. The van der Waals surface area contributed by atoms with E-state index in [0.717, 1.165) is 16.2 Å². The number of rotatable bonds is 5. The normalized spacial score (nSPS) is 17.8. The van der Waals surface area contributed by atoms with Crippen LogP contribution in [0.2, 0.25) is 0 Å². The first-order valence-corrected chi connectivity index (χ1v) is 12.0. The summed E-state index contributed by atoms with van der Waals surface area (Å²) in [5.74, 6) is -1.79. The fourth-order valence-electron chi connectivity index (χ4n) is 4.64. The summed E-state index contributed by atoms with van der Waals surface area (Å²) in [6, 6.07) is 12.8. The molecule has 0 bridgehead atoms. The van der Waals surface area contributed by atoms with E-state index in [1.54, 1.807) is 55.5 Å². The minimum absolute atomic E-state index is 0.106. The zero-order chi connectivity index (χ0) is 26.4. The molecule has 2 aliphatic rings. The summed E-state index contributed by atoms with van der Waals surface area (Å²) < 4.78 is 11.8. The molecule has 0 aliphatic carbocycles. The third-order valence-corrected chi connectivity index (χ3v) is 7.33. The molecular formula is C26H21N3O7S. The second-order valence-corrected chi connectivity index (χ2v) is 9.32. The van der Waals surface area contributed by atoms with E-state index in [1.165, 1.54) is 18.8 Å². The molecular weight excluding hydrogens is 498 g/mol. The molecule has 0 saturated carbocycles. The van der Waals surface area contributed by atoms with Gasteiger partial charge in [-0.15, -0.1) is 0 Å². The topological polar surface area (TPSA) is 128 Å². The molecule has 11 heteroatoms. The van der Waals surface area contributed by atoms with Crippen LogP contribution < -0.4 is 24.5 Å². The van der Waals surface area contributed by atoms with Gasteiger partial charge in [0.05, 0.1) is 42.8 Å². The highest BCUT2D eigenvalue weighted by Gasteiger charge is 2.37. The molecule has 1 amide bonds. The first kappa shape index (κ1) is 24.2. The molecule has 0 spiro atoms. The number of carbonyl (C=O) groups excluding carboxylic acids is 2. The van der Waals surface area contributed by atoms with Gasteiger partial charge < -0.3 is 14.6 Å². The van der Waals surface area contributed by atoms with Crippen LogP contribution >= 0.6 is 11.3 Å². The second-order valence-electron chi connectivity index (χ2n) is 8.34. The molecule has 0 radical (unpaired) electrons. The highest BCUT2D eigenvalue weighted by Crippen LogP contribution is 2.35. The minimum atomic E-state index is -1.18. The van der Waals surface area contributed by atoms with E-state index in [2.05, 4.69) is 4.99 Å². The first-order valence-electron chi connectivity index (χ1n) is 11.2. The number of thiazole rings is 1. The maximum absolute atomic E-state index is 14.0. The Morgan fingerprint density at radius 1 is 1.08 bits per heavy atom. The van der Waals surface area contributed by atoms with Crippen LogP contribution in [-0.4, -0.2) is 48.3 Å². The summed E-state index contributed by atoms with van der Waals surface area (Å²) in [4.78, 5) is 57.6. The Labute approximate surface area is 214 Å². The maximum atomic E-state index is 14.0. The number of carboxylic acids is 1. The van der Waals surface area contributed by atoms with Crippen molar-refractivity contribution in [1.29, 1.82) is 0 Å². The fourth-order valence-corrected chi connectivity index (χ4v) is 5.77. The van der Waals surface area contributed by atoms with E-state index in [-0.39, 0.29) is 15.7 Å². The van der Waals surface area contributed by atoms with Crippen LogP contribution in [0.15, 0.2) is 69.6 Å². The monoisotopic (exact) mass is 519 g/mol. The lowest BCUT2D eigenvalue weighted by Gasteiger charge is -2.24. The number of allylic oxidation sites excluding steroid dienone is 1. The van der Waals surface area contributed by atoms with Gasteiger partial charge in [-0.1, -0.05) is 41.7 Å². The Kier molecular flexibility index (Phi) is 6.00. The molecule has 37 heavy (non-hydrogen) atoms. The number of fused-ring (bicyclic) bond motifs is 2. The van der Waals surface area contributed by atoms with Gasteiger partial charge in [0.1, 0.15) is 16.8 Å². The van der Waals surface area contributed by atoms with Crippen molar-refractivity contribution in [3.05, 3.63) is 90.6 Å². The molecule has 1 N–H and O–H groups in total. The number of carboxylic acid groups (broad SMARTS) is 1. The molecule has 5 rings (SSSR count). The summed E-state index contributed by atoms with van der Waals surface area (Å²) in [5, 5.41) is 9.35. The molecule has 0 fully saturated rings. The predicted molar refractivity (Wildman–Crippen MR) is 134 cm³/mol. The number of benzene rings is 2. The number of aromatic nitrogens is 1. The van der Waals surface area contributed by atoms with Crippen molar-refractivity contribution in [1.82, 2.24) is 4.57 Å². The van der Waals surface area contributed by atoms with Crippen LogP contribution in [0.3, 0.4) is 0 Å². The molecule has 1 aromatic heterocycles.